The summed E-state index contributed by atoms with van der Waals surface area (Å²) in [5, 5.41) is 7.13. The predicted octanol–water partition coefficient (Wildman–Crippen LogP) is 1.87. The highest BCUT2D eigenvalue weighted by atomic mass is 16.5. The lowest BCUT2D eigenvalue weighted by Gasteiger charge is -2.42. The Kier molecular flexibility index (Phi) is 4.76. The molecule has 1 saturated carbocycles. The molecule has 6 nitrogen and oxygen atoms in total. The van der Waals surface area contributed by atoms with Crippen LogP contribution in [0, 0.1) is 0 Å². The third kappa shape index (κ3) is 3.66. The van der Waals surface area contributed by atoms with Crippen LogP contribution in [0.2, 0.25) is 0 Å². The standard InChI is InChI=1S/C16H26N4O2/c1-11(2)20-9-13(10-20)17-14(21)7-8-15-18-16(19-22-15)12-5-3-4-6-12/h11-13H,3-10H2,1-2H3,(H,17,21). The molecule has 6 heteroatoms. The number of aromatic nitrogens is 2. The molecule has 1 N–H and O–H groups in total. The lowest BCUT2D eigenvalue weighted by Crippen LogP contribution is -2.61. The second-order valence-corrected chi connectivity index (χ2v) is 6.84. The summed E-state index contributed by atoms with van der Waals surface area (Å²) in [6.45, 7) is 6.26. The van der Waals surface area contributed by atoms with Gasteiger partial charge in [0.2, 0.25) is 11.8 Å². The number of aryl methyl sites for hydroxylation is 1. The van der Waals surface area contributed by atoms with Crippen molar-refractivity contribution in [2.75, 3.05) is 13.1 Å². The van der Waals surface area contributed by atoms with Crippen molar-refractivity contribution in [3.05, 3.63) is 11.7 Å². The summed E-state index contributed by atoms with van der Waals surface area (Å²) in [7, 11) is 0. The third-order valence-electron chi connectivity index (χ3n) is 4.78. The zero-order chi connectivity index (χ0) is 15.5. The Hall–Kier alpha value is -1.43. The van der Waals surface area contributed by atoms with Gasteiger partial charge in [-0.2, -0.15) is 4.98 Å². The van der Waals surface area contributed by atoms with Crippen LogP contribution in [-0.4, -0.2) is 46.1 Å². The number of amides is 1. The van der Waals surface area contributed by atoms with Crippen molar-refractivity contribution in [3.63, 3.8) is 0 Å². The summed E-state index contributed by atoms with van der Waals surface area (Å²) in [5.74, 6) is 1.96. The van der Waals surface area contributed by atoms with Gasteiger partial charge in [0.15, 0.2) is 5.82 Å². The molecule has 122 valence electrons. The quantitative estimate of drug-likeness (QED) is 0.868. The van der Waals surface area contributed by atoms with E-state index in [1.165, 1.54) is 12.8 Å². The Bertz CT molecular complexity index is 502. The molecule has 0 bridgehead atoms. The summed E-state index contributed by atoms with van der Waals surface area (Å²) >= 11 is 0. The summed E-state index contributed by atoms with van der Waals surface area (Å²) < 4.78 is 5.27. The Morgan fingerprint density at radius 1 is 1.36 bits per heavy atom. The van der Waals surface area contributed by atoms with Gasteiger partial charge in [-0.1, -0.05) is 18.0 Å². The molecule has 0 spiro atoms. The third-order valence-corrected chi connectivity index (χ3v) is 4.78. The van der Waals surface area contributed by atoms with E-state index in [2.05, 4.69) is 34.2 Å². The Balaban J connectivity index is 1.38. The summed E-state index contributed by atoms with van der Waals surface area (Å²) in [5.41, 5.74) is 0. The molecule has 22 heavy (non-hydrogen) atoms. The van der Waals surface area contributed by atoms with Gasteiger partial charge >= 0.3 is 0 Å². The Labute approximate surface area is 131 Å². The van der Waals surface area contributed by atoms with Gasteiger partial charge in [-0.05, 0) is 26.7 Å². The molecule has 0 atom stereocenters. The van der Waals surface area contributed by atoms with Gasteiger partial charge in [0.25, 0.3) is 0 Å². The first-order valence-corrected chi connectivity index (χ1v) is 8.47. The number of carbonyl (C=O) groups excluding carboxylic acids is 1. The van der Waals surface area contributed by atoms with E-state index in [1.807, 2.05) is 0 Å². The highest BCUT2D eigenvalue weighted by Crippen LogP contribution is 2.32. The van der Waals surface area contributed by atoms with Gasteiger partial charge in [-0.3, -0.25) is 9.69 Å². The van der Waals surface area contributed by atoms with Crippen LogP contribution in [0.4, 0.5) is 0 Å². The van der Waals surface area contributed by atoms with Crippen LogP contribution in [0.5, 0.6) is 0 Å². The molecule has 1 aromatic rings. The first-order valence-electron chi connectivity index (χ1n) is 8.47. The van der Waals surface area contributed by atoms with Gasteiger partial charge < -0.3 is 9.84 Å². The number of hydrogen-bond donors (Lipinski definition) is 1. The topological polar surface area (TPSA) is 71.3 Å². The highest BCUT2D eigenvalue weighted by Gasteiger charge is 2.29. The van der Waals surface area contributed by atoms with E-state index in [-0.39, 0.29) is 5.91 Å². The average molecular weight is 306 g/mol. The fourth-order valence-corrected chi connectivity index (χ4v) is 3.27. The zero-order valence-corrected chi connectivity index (χ0v) is 13.5. The number of carbonyl (C=O) groups is 1. The van der Waals surface area contributed by atoms with Crippen LogP contribution in [0.25, 0.3) is 0 Å². The highest BCUT2D eigenvalue weighted by molar-refractivity contribution is 5.76. The summed E-state index contributed by atoms with van der Waals surface area (Å²) in [4.78, 5) is 18.7. The van der Waals surface area contributed by atoms with Crippen LogP contribution < -0.4 is 5.32 Å². The van der Waals surface area contributed by atoms with Gasteiger partial charge in [-0.25, -0.2) is 0 Å². The minimum atomic E-state index is 0.0778. The normalized spacial score (nSPS) is 20.5. The van der Waals surface area contributed by atoms with Crippen molar-refractivity contribution in [1.29, 1.82) is 0 Å². The van der Waals surface area contributed by atoms with Crippen molar-refractivity contribution < 1.29 is 9.32 Å². The molecular formula is C16H26N4O2. The molecule has 2 fully saturated rings. The van der Waals surface area contributed by atoms with E-state index in [9.17, 15) is 4.79 Å². The van der Waals surface area contributed by atoms with Gasteiger partial charge in [0, 0.05) is 37.9 Å². The van der Waals surface area contributed by atoms with E-state index in [0.29, 0.717) is 36.7 Å². The maximum Gasteiger partial charge on any atom is 0.227 e. The molecule has 0 unspecified atom stereocenters. The smallest absolute Gasteiger partial charge is 0.227 e. The van der Waals surface area contributed by atoms with Crippen LogP contribution in [0.15, 0.2) is 4.52 Å². The van der Waals surface area contributed by atoms with E-state index in [4.69, 9.17) is 4.52 Å². The van der Waals surface area contributed by atoms with Gasteiger partial charge in [0.1, 0.15) is 0 Å². The second kappa shape index (κ2) is 6.77. The molecule has 0 aromatic carbocycles. The average Bonchev–Trinajstić information content (AvgIpc) is 3.09. The molecule has 1 aliphatic heterocycles. The minimum Gasteiger partial charge on any atom is -0.351 e. The number of nitrogens with one attached hydrogen (secondary N) is 1. The van der Waals surface area contributed by atoms with Crippen LogP contribution >= 0.6 is 0 Å². The number of rotatable bonds is 6. The number of hydrogen-bond acceptors (Lipinski definition) is 5. The summed E-state index contributed by atoms with van der Waals surface area (Å²) in [6.07, 6.45) is 5.79. The molecule has 0 radical (unpaired) electrons. The maximum atomic E-state index is 11.9. The summed E-state index contributed by atoms with van der Waals surface area (Å²) in [6, 6.07) is 0.854. The SMILES string of the molecule is CC(C)N1CC(NC(=O)CCc2nc(C3CCCC3)no2)C1. The second-order valence-electron chi connectivity index (χ2n) is 6.84. The fraction of sp³-hybridized carbons (Fsp3) is 0.812. The maximum absolute atomic E-state index is 11.9. The molecule has 2 aliphatic rings. The first kappa shape index (κ1) is 15.5. The molecule has 1 amide bonds. The molecule has 1 aromatic heterocycles. The lowest BCUT2D eigenvalue weighted by molar-refractivity contribution is -0.123. The fourth-order valence-electron chi connectivity index (χ4n) is 3.27. The van der Waals surface area contributed by atoms with Crippen LogP contribution in [-0.2, 0) is 11.2 Å². The largest absolute Gasteiger partial charge is 0.351 e. The lowest BCUT2D eigenvalue weighted by atomic mass is 10.1. The van der Waals surface area contributed by atoms with Crippen molar-refractivity contribution in [2.24, 2.45) is 0 Å². The van der Waals surface area contributed by atoms with E-state index < -0.39 is 0 Å². The van der Waals surface area contributed by atoms with Crippen molar-refractivity contribution in [2.45, 2.75) is 70.4 Å². The van der Waals surface area contributed by atoms with Crippen LogP contribution in [0.3, 0.4) is 0 Å². The van der Waals surface area contributed by atoms with E-state index in [0.717, 1.165) is 31.8 Å². The number of nitrogens with zero attached hydrogens (tertiary/aromatic N) is 3. The molecular weight excluding hydrogens is 280 g/mol. The van der Waals surface area contributed by atoms with Crippen molar-refractivity contribution in [1.82, 2.24) is 20.4 Å². The monoisotopic (exact) mass is 306 g/mol. The number of likely N-dealkylation sites (tertiary alicyclic amines) is 1. The Morgan fingerprint density at radius 2 is 2.09 bits per heavy atom. The molecule has 3 rings (SSSR count). The minimum absolute atomic E-state index is 0.0778. The molecule has 1 aliphatic carbocycles. The Morgan fingerprint density at radius 3 is 2.77 bits per heavy atom. The predicted molar refractivity (Wildman–Crippen MR) is 82.5 cm³/mol. The van der Waals surface area contributed by atoms with Gasteiger partial charge in [0.05, 0.1) is 6.04 Å². The zero-order valence-electron chi connectivity index (χ0n) is 13.5. The van der Waals surface area contributed by atoms with Crippen LogP contribution in [0.1, 0.15) is 63.6 Å². The first-order chi connectivity index (χ1) is 10.6. The van der Waals surface area contributed by atoms with E-state index in [1.54, 1.807) is 0 Å². The van der Waals surface area contributed by atoms with Crippen molar-refractivity contribution in [3.8, 4) is 0 Å². The van der Waals surface area contributed by atoms with E-state index >= 15 is 0 Å². The van der Waals surface area contributed by atoms with Crippen molar-refractivity contribution >= 4 is 5.91 Å². The molecule has 2 heterocycles. The van der Waals surface area contributed by atoms with Gasteiger partial charge in [-0.15, -0.1) is 0 Å². The molecule has 1 saturated heterocycles.